The van der Waals surface area contributed by atoms with Crippen molar-refractivity contribution in [3.63, 3.8) is 0 Å². The van der Waals surface area contributed by atoms with Crippen molar-refractivity contribution < 1.29 is 9.53 Å². The van der Waals surface area contributed by atoms with Crippen LogP contribution in [-0.2, 0) is 4.74 Å². The van der Waals surface area contributed by atoms with E-state index in [4.69, 9.17) is 4.74 Å². The van der Waals surface area contributed by atoms with Crippen molar-refractivity contribution in [2.24, 2.45) is 0 Å². The van der Waals surface area contributed by atoms with Gasteiger partial charge in [-0.25, -0.2) is 4.79 Å². The standard InChI is InChI=1S/C11H14N2O2S/c1-2-7-15-11(14)9-10(16-13-12-9)8-5-3-4-6-8/h2,8H,1,3-7H2. The van der Waals surface area contributed by atoms with E-state index in [0.29, 0.717) is 11.6 Å². The molecule has 0 N–H and O–H groups in total. The van der Waals surface area contributed by atoms with E-state index in [2.05, 4.69) is 16.2 Å². The second-order valence-electron chi connectivity index (χ2n) is 3.85. The third-order valence-electron chi connectivity index (χ3n) is 2.76. The van der Waals surface area contributed by atoms with Crippen LogP contribution in [0, 0.1) is 0 Å². The van der Waals surface area contributed by atoms with E-state index in [9.17, 15) is 4.79 Å². The van der Waals surface area contributed by atoms with Crippen LogP contribution >= 0.6 is 11.5 Å². The van der Waals surface area contributed by atoms with Crippen LogP contribution in [0.1, 0.15) is 47.0 Å². The molecule has 1 aliphatic carbocycles. The van der Waals surface area contributed by atoms with Gasteiger partial charge in [0.2, 0.25) is 0 Å². The van der Waals surface area contributed by atoms with Gasteiger partial charge in [-0.3, -0.25) is 0 Å². The van der Waals surface area contributed by atoms with Gasteiger partial charge in [-0.1, -0.05) is 30.0 Å². The van der Waals surface area contributed by atoms with E-state index in [1.54, 1.807) is 6.08 Å². The smallest absolute Gasteiger partial charge is 0.360 e. The number of hydrogen-bond donors (Lipinski definition) is 0. The van der Waals surface area contributed by atoms with Gasteiger partial charge in [0.15, 0.2) is 5.69 Å². The molecule has 0 radical (unpaired) electrons. The maximum atomic E-state index is 11.7. The minimum Gasteiger partial charge on any atom is -0.457 e. The molecule has 1 saturated carbocycles. The monoisotopic (exact) mass is 238 g/mol. The number of nitrogens with zero attached hydrogens (tertiary/aromatic N) is 2. The zero-order chi connectivity index (χ0) is 11.4. The first-order chi connectivity index (χ1) is 7.83. The highest BCUT2D eigenvalue weighted by Gasteiger charge is 2.26. The van der Waals surface area contributed by atoms with Crippen molar-refractivity contribution in [1.29, 1.82) is 0 Å². The molecule has 0 bridgehead atoms. The minimum absolute atomic E-state index is 0.223. The lowest BCUT2D eigenvalue weighted by molar-refractivity contribution is 0.0541. The largest absolute Gasteiger partial charge is 0.457 e. The van der Waals surface area contributed by atoms with Crippen LogP contribution < -0.4 is 0 Å². The molecule has 0 atom stereocenters. The molecule has 1 aromatic heterocycles. The number of ether oxygens (including phenoxy) is 1. The van der Waals surface area contributed by atoms with Crippen LogP contribution in [0.3, 0.4) is 0 Å². The molecule has 5 heteroatoms. The summed E-state index contributed by atoms with van der Waals surface area (Å²) in [6.07, 6.45) is 6.26. The summed E-state index contributed by atoms with van der Waals surface area (Å²) in [5, 5.41) is 3.87. The molecule has 0 unspecified atom stereocenters. The van der Waals surface area contributed by atoms with Gasteiger partial charge in [0.1, 0.15) is 6.61 Å². The first kappa shape index (κ1) is 11.3. The van der Waals surface area contributed by atoms with E-state index in [-0.39, 0.29) is 12.6 Å². The highest BCUT2D eigenvalue weighted by atomic mass is 32.1. The van der Waals surface area contributed by atoms with Crippen molar-refractivity contribution in [2.75, 3.05) is 6.61 Å². The third-order valence-corrected chi connectivity index (χ3v) is 3.65. The lowest BCUT2D eigenvalue weighted by Crippen LogP contribution is -2.09. The maximum Gasteiger partial charge on any atom is 0.360 e. The van der Waals surface area contributed by atoms with Gasteiger partial charge < -0.3 is 4.74 Å². The maximum absolute atomic E-state index is 11.7. The van der Waals surface area contributed by atoms with E-state index in [1.165, 1.54) is 24.4 Å². The Hall–Kier alpha value is -1.23. The van der Waals surface area contributed by atoms with Crippen molar-refractivity contribution in [3.05, 3.63) is 23.2 Å². The van der Waals surface area contributed by atoms with E-state index in [0.717, 1.165) is 17.7 Å². The van der Waals surface area contributed by atoms with Gasteiger partial charge in [0.05, 0.1) is 4.88 Å². The van der Waals surface area contributed by atoms with Crippen LogP contribution in [-0.4, -0.2) is 22.2 Å². The summed E-state index contributed by atoms with van der Waals surface area (Å²) in [5.41, 5.74) is 0.402. The summed E-state index contributed by atoms with van der Waals surface area (Å²) in [6, 6.07) is 0. The fraction of sp³-hybridized carbons (Fsp3) is 0.545. The molecule has 4 nitrogen and oxygen atoms in total. The molecular weight excluding hydrogens is 224 g/mol. The van der Waals surface area contributed by atoms with Crippen LogP contribution in [0.4, 0.5) is 0 Å². The Morgan fingerprint density at radius 3 is 3.00 bits per heavy atom. The number of esters is 1. The normalized spacial score (nSPS) is 16.2. The van der Waals surface area contributed by atoms with Crippen LogP contribution in [0.2, 0.25) is 0 Å². The average molecular weight is 238 g/mol. The third kappa shape index (κ3) is 2.29. The topological polar surface area (TPSA) is 52.1 Å². The van der Waals surface area contributed by atoms with Gasteiger partial charge in [0.25, 0.3) is 0 Å². The minimum atomic E-state index is -0.379. The van der Waals surface area contributed by atoms with Crippen molar-refractivity contribution in [3.8, 4) is 0 Å². The highest BCUT2D eigenvalue weighted by Crippen LogP contribution is 2.37. The summed E-state index contributed by atoms with van der Waals surface area (Å²) >= 11 is 1.32. The Morgan fingerprint density at radius 1 is 1.56 bits per heavy atom. The summed E-state index contributed by atoms with van der Waals surface area (Å²) in [7, 11) is 0. The van der Waals surface area contributed by atoms with Gasteiger partial charge in [0, 0.05) is 0 Å². The predicted octanol–water partition coefficient (Wildman–Crippen LogP) is 2.54. The number of rotatable bonds is 4. The van der Waals surface area contributed by atoms with Gasteiger partial charge in [-0.15, -0.1) is 5.10 Å². The quantitative estimate of drug-likeness (QED) is 0.597. The Kier molecular flexibility index (Phi) is 3.66. The molecule has 86 valence electrons. The molecule has 1 heterocycles. The number of hydrogen-bond acceptors (Lipinski definition) is 5. The molecule has 1 fully saturated rings. The second-order valence-corrected chi connectivity index (χ2v) is 4.64. The molecular formula is C11H14N2O2S. The van der Waals surface area contributed by atoms with Gasteiger partial charge >= 0.3 is 5.97 Å². The SMILES string of the molecule is C=CCOC(=O)c1nnsc1C1CCCC1. The van der Waals surface area contributed by atoms with Crippen LogP contribution in [0.5, 0.6) is 0 Å². The summed E-state index contributed by atoms with van der Waals surface area (Å²) in [5.74, 6) is 0.0711. The molecule has 1 aromatic rings. The van der Waals surface area contributed by atoms with Crippen LogP contribution in [0.25, 0.3) is 0 Å². The number of carbonyl (C=O) groups excluding carboxylic acids is 1. The molecule has 0 aromatic carbocycles. The predicted molar refractivity (Wildman–Crippen MR) is 61.6 cm³/mol. The lowest BCUT2D eigenvalue weighted by Gasteiger charge is -2.06. The fourth-order valence-electron chi connectivity index (χ4n) is 2.00. The Bertz CT molecular complexity index is 383. The van der Waals surface area contributed by atoms with Crippen molar-refractivity contribution in [2.45, 2.75) is 31.6 Å². The first-order valence-electron chi connectivity index (χ1n) is 5.43. The molecule has 2 rings (SSSR count). The zero-order valence-corrected chi connectivity index (χ0v) is 9.83. The van der Waals surface area contributed by atoms with Gasteiger partial charge in [-0.05, 0) is 30.3 Å². The molecule has 0 aliphatic heterocycles. The van der Waals surface area contributed by atoms with Crippen molar-refractivity contribution >= 4 is 17.5 Å². The van der Waals surface area contributed by atoms with Gasteiger partial charge in [-0.2, -0.15) is 0 Å². The Morgan fingerprint density at radius 2 is 2.31 bits per heavy atom. The molecule has 1 aliphatic rings. The molecule has 0 saturated heterocycles. The first-order valence-corrected chi connectivity index (χ1v) is 6.20. The fourth-order valence-corrected chi connectivity index (χ4v) is 2.80. The van der Waals surface area contributed by atoms with Crippen molar-refractivity contribution in [1.82, 2.24) is 9.59 Å². The lowest BCUT2D eigenvalue weighted by atomic mass is 10.1. The Balaban J connectivity index is 2.11. The summed E-state index contributed by atoms with van der Waals surface area (Å²) in [4.78, 5) is 12.7. The van der Waals surface area contributed by atoms with E-state index in [1.807, 2.05) is 0 Å². The summed E-state index contributed by atoms with van der Waals surface area (Å²) in [6.45, 7) is 3.73. The molecule has 16 heavy (non-hydrogen) atoms. The average Bonchev–Trinajstić information content (AvgIpc) is 2.94. The number of carbonyl (C=O) groups is 1. The zero-order valence-electron chi connectivity index (χ0n) is 9.02. The molecule has 0 spiro atoms. The highest BCUT2D eigenvalue weighted by molar-refractivity contribution is 7.05. The Labute approximate surface area is 98.5 Å². The summed E-state index contributed by atoms with van der Waals surface area (Å²) < 4.78 is 8.84. The van der Waals surface area contributed by atoms with E-state index >= 15 is 0 Å². The second kappa shape index (κ2) is 5.21. The van der Waals surface area contributed by atoms with E-state index < -0.39 is 0 Å². The number of aromatic nitrogens is 2. The van der Waals surface area contributed by atoms with Crippen LogP contribution in [0.15, 0.2) is 12.7 Å². The molecule has 0 amide bonds.